The topological polar surface area (TPSA) is 67.8 Å². The number of nitrogens with zero attached hydrogens (tertiary/aromatic N) is 2. The van der Waals surface area contributed by atoms with Crippen LogP contribution in [0.4, 0.5) is 0 Å². The number of ether oxygens (including phenoxy) is 2. The van der Waals surface area contributed by atoms with Crippen LogP contribution in [-0.4, -0.2) is 31.7 Å². The first-order chi connectivity index (χ1) is 12.3. The van der Waals surface area contributed by atoms with Gasteiger partial charge in [0.25, 0.3) is 0 Å². The second-order valence-electron chi connectivity index (χ2n) is 5.16. The molecule has 2 aromatic rings. The van der Waals surface area contributed by atoms with E-state index < -0.39 is 0 Å². The van der Waals surface area contributed by atoms with Crippen LogP contribution in [0.1, 0.15) is 11.1 Å². The average molecular weight is 340 g/mol. The third-order valence-electron chi connectivity index (χ3n) is 3.49. The number of aromatic nitrogens is 1. The van der Waals surface area contributed by atoms with Gasteiger partial charge in [-0.15, -0.1) is 0 Å². The van der Waals surface area contributed by atoms with E-state index in [-0.39, 0.29) is 0 Å². The highest BCUT2D eigenvalue weighted by Gasteiger charge is 2.06. The Balaban J connectivity index is 1.94. The van der Waals surface area contributed by atoms with Gasteiger partial charge in [0.05, 0.1) is 7.11 Å². The molecule has 0 saturated carbocycles. The molecule has 0 aliphatic carbocycles. The van der Waals surface area contributed by atoms with Gasteiger partial charge in [-0.1, -0.05) is 36.9 Å². The summed E-state index contributed by atoms with van der Waals surface area (Å²) >= 11 is 0. The zero-order valence-corrected chi connectivity index (χ0v) is 14.7. The lowest BCUT2D eigenvalue weighted by Crippen LogP contribution is -2.36. The molecule has 0 aliphatic heterocycles. The SMILES string of the molecule is C=CCOc1ccccc1CNC(=NC)NCc1cccnc1OC. The Kier molecular flexibility index (Phi) is 7.31. The number of pyridine rings is 1. The molecule has 1 aromatic carbocycles. The van der Waals surface area contributed by atoms with E-state index in [9.17, 15) is 0 Å². The van der Waals surface area contributed by atoms with E-state index >= 15 is 0 Å². The molecule has 0 bridgehead atoms. The number of nitrogens with one attached hydrogen (secondary N) is 2. The van der Waals surface area contributed by atoms with Gasteiger partial charge in [-0.25, -0.2) is 4.98 Å². The number of benzene rings is 1. The van der Waals surface area contributed by atoms with Gasteiger partial charge in [0.2, 0.25) is 5.88 Å². The van der Waals surface area contributed by atoms with E-state index in [2.05, 4.69) is 27.2 Å². The normalized spacial score (nSPS) is 10.9. The van der Waals surface area contributed by atoms with Crippen molar-refractivity contribution in [2.45, 2.75) is 13.1 Å². The first-order valence-electron chi connectivity index (χ1n) is 8.02. The maximum absolute atomic E-state index is 5.67. The number of para-hydroxylation sites is 1. The summed E-state index contributed by atoms with van der Waals surface area (Å²) in [6.45, 7) is 5.31. The van der Waals surface area contributed by atoms with Crippen molar-refractivity contribution in [3.8, 4) is 11.6 Å². The fourth-order valence-electron chi connectivity index (χ4n) is 2.26. The predicted octanol–water partition coefficient (Wildman–Crippen LogP) is 2.52. The first-order valence-corrected chi connectivity index (χ1v) is 8.02. The third kappa shape index (κ3) is 5.53. The number of hydrogen-bond donors (Lipinski definition) is 2. The number of aliphatic imine (C=N–C) groups is 1. The molecule has 132 valence electrons. The zero-order valence-electron chi connectivity index (χ0n) is 14.7. The lowest BCUT2D eigenvalue weighted by molar-refractivity contribution is 0.358. The van der Waals surface area contributed by atoms with Gasteiger partial charge in [-0.3, -0.25) is 4.99 Å². The maximum atomic E-state index is 5.67. The smallest absolute Gasteiger partial charge is 0.218 e. The van der Waals surface area contributed by atoms with E-state index in [1.165, 1.54) is 0 Å². The summed E-state index contributed by atoms with van der Waals surface area (Å²) in [5, 5.41) is 6.54. The molecule has 0 fully saturated rings. The van der Waals surface area contributed by atoms with Crippen molar-refractivity contribution in [1.29, 1.82) is 0 Å². The fraction of sp³-hybridized carbons (Fsp3) is 0.263. The molecule has 1 aromatic heterocycles. The highest BCUT2D eigenvalue weighted by Crippen LogP contribution is 2.17. The molecule has 6 heteroatoms. The molecule has 0 aliphatic rings. The number of guanidine groups is 1. The van der Waals surface area contributed by atoms with E-state index in [0.717, 1.165) is 16.9 Å². The lowest BCUT2D eigenvalue weighted by atomic mass is 10.2. The monoisotopic (exact) mass is 340 g/mol. The molecule has 2 N–H and O–H groups in total. The molecule has 0 spiro atoms. The molecule has 6 nitrogen and oxygen atoms in total. The Labute approximate surface area is 148 Å². The van der Waals surface area contributed by atoms with E-state index in [4.69, 9.17) is 9.47 Å². The second-order valence-corrected chi connectivity index (χ2v) is 5.16. The lowest BCUT2D eigenvalue weighted by Gasteiger charge is -2.15. The Morgan fingerprint density at radius 1 is 1.16 bits per heavy atom. The molecule has 0 atom stereocenters. The summed E-state index contributed by atoms with van der Waals surface area (Å²) < 4.78 is 10.9. The van der Waals surface area contributed by atoms with Gasteiger partial charge in [0.15, 0.2) is 5.96 Å². The van der Waals surface area contributed by atoms with Gasteiger partial charge < -0.3 is 20.1 Å². The Morgan fingerprint density at radius 2 is 1.88 bits per heavy atom. The van der Waals surface area contributed by atoms with Crippen LogP contribution in [0.15, 0.2) is 60.2 Å². The van der Waals surface area contributed by atoms with Crippen LogP contribution in [0.3, 0.4) is 0 Å². The summed E-state index contributed by atoms with van der Waals surface area (Å²) in [6, 6.07) is 11.7. The van der Waals surface area contributed by atoms with Gasteiger partial charge >= 0.3 is 0 Å². The van der Waals surface area contributed by atoms with Crippen LogP contribution in [0.2, 0.25) is 0 Å². The van der Waals surface area contributed by atoms with Crippen molar-refractivity contribution in [1.82, 2.24) is 15.6 Å². The van der Waals surface area contributed by atoms with Gasteiger partial charge in [0, 0.05) is 37.5 Å². The molecular weight excluding hydrogens is 316 g/mol. The quantitative estimate of drug-likeness (QED) is 0.439. The summed E-state index contributed by atoms with van der Waals surface area (Å²) in [4.78, 5) is 8.43. The van der Waals surface area contributed by atoms with Crippen LogP contribution < -0.4 is 20.1 Å². The van der Waals surface area contributed by atoms with Gasteiger partial charge in [0.1, 0.15) is 12.4 Å². The summed E-state index contributed by atoms with van der Waals surface area (Å²) in [5.41, 5.74) is 2.01. The van der Waals surface area contributed by atoms with E-state index in [1.807, 2.05) is 36.4 Å². The molecule has 0 amide bonds. The van der Waals surface area contributed by atoms with Crippen LogP contribution in [0.5, 0.6) is 11.6 Å². The maximum Gasteiger partial charge on any atom is 0.218 e. The second kappa shape index (κ2) is 9.97. The highest BCUT2D eigenvalue weighted by atomic mass is 16.5. The van der Waals surface area contributed by atoms with Crippen LogP contribution in [0.25, 0.3) is 0 Å². The minimum Gasteiger partial charge on any atom is -0.489 e. The Hall–Kier alpha value is -3.02. The van der Waals surface area contributed by atoms with Crippen molar-refractivity contribution in [3.63, 3.8) is 0 Å². The van der Waals surface area contributed by atoms with Crippen molar-refractivity contribution >= 4 is 5.96 Å². The van der Waals surface area contributed by atoms with Gasteiger partial charge in [-0.2, -0.15) is 0 Å². The van der Waals surface area contributed by atoms with E-state index in [0.29, 0.717) is 31.5 Å². The fourth-order valence-corrected chi connectivity index (χ4v) is 2.26. The summed E-state index contributed by atoms with van der Waals surface area (Å²) in [7, 11) is 3.34. The molecule has 2 rings (SSSR count). The highest BCUT2D eigenvalue weighted by molar-refractivity contribution is 5.79. The molecule has 0 radical (unpaired) electrons. The first kappa shape index (κ1) is 18.3. The summed E-state index contributed by atoms with van der Waals surface area (Å²) in [6.07, 6.45) is 3.43. The molecular formula is C19H24N4O2. The zero-order chi connectivity index (χ0) is 17.9. The molecule has 1 heterocycles. The minimum atomic E-state index is 0.477. The van der Waals surface area contributed by atoms with Crippen molar-refractivity contribution < 1.29 is 9.47 Å². The van der Waals surface area contributed by atoms with Crippen molar-refractivity contribution in [2.75, 3.05) is 20.8 Å². The third-order valence-corrected chi connectivity index (χ3v) is 3.49. The Morgan fingerprint density at radius 3 is 2.60 bits per heavy atom. The number of methoxy groups -OCH3 is 1. The number of rotatable bonds is 8. The summed E-state index contributed by atoms with van der Waals surface area (Å²) in [5.74, 6) is 2.12. The predicted molar refractivity (Wildman–Crippen MR) is 100.0 cm³/mol. The van der Waals surface area contributed by atoms with Crippen molar-refractivity contribution in [2.24, 2.45) is 4.99 Å². The van der Waals surface area contributed by atoms with Crippen LogP contribution >= 0.6 is 0 Å². The average Bonchev–Trinajstić information content (AvgIpc) is 2.67. The van der Waals surface area contributed by atoms with Gasteiger partial charge in [-0.05, 0) is 12.1 Å². The van der Waals surface area contributed by atoms with Crippen LogP contribution in [-0.2, 0) is 13.1 Å². The van der Waals surface area contributed by atoms with Crippen molar-refractivity contribution in [3.05, 3.63) is 66.4 Å². The number of hydrogen-bond acceptors (Lipinski definition) is 4. The molecule has 25 heavy (non-hydrogen) atoms. The molecule has 0 unspecified atom stereocenters. The van der Waals surface area contributed by atoms with Crippen LogP contribution in [0, 0.1) is 0 Å². The largest absolute Gasteiger partial charge is 0.489 e. The standard InChI is InChI=1S/C19H24N4O2/c1-4-12-25-17-10-6-5-8-15(17)13-22-19(20-2)23-14-16-9-7-11-21-18(16)24-3/h4-11H,1,12-14H2,2-3H3,(H2,20,22,23). The minimum absolute atomic E-state index is 0.477. The molecule has 0 saturated heterocycles. The van der Waals surface area contributed by atoms with E-state index in [1.54, 1.807) is 26.4 Å². The Bertz CT molecular complexity index is 716.